The number of aromatic nitrogens is 2. The van der Waals surface area contributed by atoms with Crippen LogP contribution in [0, 0.1) is 10.1 Å². The van der Waals surface area contributed by atoms with Gasteiger partial charge in [-0.2, -0.15) is 0 Å². The number of non-ortho nitro benzene ring substituents is 1. The molecule has 154 valence electrons. The molecule has 0 aliphatic heterocycles. The first-order valence-corrected chi connectivity index (χ1v) is 9.19. The maximum absolute atomic E-state index is 12.3. The summed E-state index contributed by atoms with van der Waals surface area (Å²) >= 11 is 6.30. The summed E-state index contributed by atoms with van der Waals surface area (Å²) < 4.78 is 5.70. The number of hydrogen-bond donors (Lipinski definition) is 2. The van der Waals surface area contributed by atoms with Crippen molar-refractivity contribution >= 4 is 45.3 Å². The third-order valence-electron chi connectivity index (χ3n) is 4.44. The minimum Gasteiger partial charge on any atom is -0.478 e. The number of nitrogens with zero attached hydrogens (tertiary/aromatic N) is 2. The van der Waals surface area contributed by atoms with Crippen LogP contribution < -0.4 is 5.56 Å². The van der Waals surface area contributed by atoms with Gasteiger partial charge in [0.15, 0.2) is 5.82 Å². The minimum atomic E-state index is -1.14. The van der Waals surface area contributed by atoms with Crippen LogP contribution in [0.3, 0.4) is 0 Å². The Bertz CT molecular complexity index is 1420. The van der Waals surface area contributed by atoms with Crippen LogP contribution in [0.1, 0.15) is 21.9 Å². The molecule has 0 unspecified atom stereocenters. The lowest BCUT2D eigenvalue weighted by Gasteiger charge is -2.03. The van der Waals surface area contributed by atoms with Gasteiger partial charge < -0.3 is 14.5 Å². The second kappa shape index (κ2) is 7.88. The van der Waals surface area contributed by atoms with Crippen molar-refractivity contribution in [1.29, 1.82) is 0 Å². The molecule has 4 aromatic rings. The average Bonchev–Trinajstić information content (AvgIpc) is 3.21. The smallest absolute Gasteiger partial charge is 0.335 e. The molecule has 0 aliphatic carbocycles. The summed E-state index contributed by atoms with van der Waals surface area (Å²) in [6, 6.07) is 13.2. The third kappa shape index (κ3) is 4.07. The van der Waals surface area contributed by atoms with Gasteiger partial charge in [-0.05, 0) is 42.5 Å². The predicted octanol–water partition coefficient (Wildman–Crippen LogP) is 4.53. The highest BCUT2D eigenvalue weighted by Crippen LogP contribution is 2.27. The van der Waals surface area contributed by atoms with E-state index in [0.717, 1.165) is 0 Å². The van der Waals surface area contributed by atoms with E-state index < -0.39 is 16.5 Å². The number of benzene rings is 2. The summed E-state index contributed by atoms with van der Waals surface area (Å²) in [6.07, 6.45) is 1.45. The lowest BCUT2D eigenvalue weighted by Crippen LogP contribution is -2.11. The van der Waals surface area contributed by atoms with Gasteiger partial charge in [-0.1, -0.05) is 11.6 Å². The van der Waals surface area contributed by atoms with Gasteiger partial charge in [0.1, 0.15) is 11.5 Å². The Hall–Kier alpha value is -4.24. The van der Waals surface area contributed by atoms with Gasteiger partial charge in [0.05, 0.1) is 26.4 Å². The zero-order valence-electron chi connectivity index (χ0n) is 15.5. The van der Waals surface area contributed by atoms with Crippen LogP contribution in [0.5, 0.6) is 0 Å². The average molecular weight is 438 g/mol. The normalized spacial score (nSPS) is 11.6. The van der Waals surface area contributed by atoms with Gasteiger partial charge in [-0.25, -0.2) is 9.78 Å². The molecule has 9 nitrogen and oxygen atoms in total. The number of H-pyrrole nitrogens is 1. The van der Waals surface area contributed by atoms with E-state index in [-0.39, 0.29) is 33.0 Å². The molecule has 0 radical (unpaired) electrons. The van der Waals surface area contributed by atoms with E-state index in [0.29, 0.717) is 17.1 Å². The van der Waals surface area contributed by atoms with Crippen molar-refractivity contribution in [3.8, 4) is 11.3 Å². The molecule has 0 saturated carbocycles. The summed E-state index contributed by atoms with van der Waals surface area (Å²) in [5, 5.41) is 20.2. The number of carbonyl (C=O) groups is 1. The van der Waals surface area contributed by atoms with E-state index in [2.05, 4.69) is 9.97 Å². The zero-order chi connectivity index (χ0) is 22.1. The molecule has 0 saturated heterocycles. The lowest BCUT2D eigenvalue weighted by atomic mass is 10.1. The van der Waals surface area contributed by atoms with Crippen LogP contribution >= 0.6 is 11.6 Å². The van der Waals surface area contributed by atoms with E-state index in [4.69, 9.17) is 21.1 Å². The monoisotopic (exact) mass is 437 g/mol. The standard InChI is InChI=1S/C21H12ClN3O6/c22-16(19-23-17-9-12(21(27)28)3-7-15(17)20(26)24-19)10-14-6-8-18(31-14)11-1-4-13(5-2-11)25(29)30/h1-10H,(H,27,28)(H,23,24,26). The highest BCUT2D eigenvalue weighted by Gasteiger charge is 2.12. The van der Waals surface area contributed by atoms with Crippen LogP contribution in [0.25, 0.3) is 33.3 Å². The highest BCUT2D eigenvalue weighted by atomic mass is 35.5. The maximum Gasteiger partial charge on any atom is 0.335 e. The SMILES string of the molecule is O=C(O)c1ccc2c(=O)[nH]c(C(Cl)=Cc3ccc(-c4ccc([N+](=O)[O-])cc4)o3)nc2c1. The number of nitro benzene ring substituents is 1. The first kappa shape index (κ1) is 20.0. The number of carboxylic acids is 1. The van der Waals surface area contributed by atoms with E-state index in [1.54, 1.807) is 24.3 Å². The Labute approximate surface area is 178 Å². The van der Waals surface area contributed by atoms with Crippen LogP contribution in [0.4, 0.5) is 5.69 Å². The molecule has 2 aromatic heterocycles. The summed E-state index contributed by atoms with van der Waals surface area (Å²) in [4.78, 5) is 40.5. The van der Waals surface area contributed by atoms with Crippen LogP contribution in [0.15, 0.2) is 63.8 Å². The fourth-order valence-corrected chi connectivity index (χ4v) is 3.11. The Morgan fingerprint density at radius 1 is 1.16 bits per heavy atom. The number of nitrogens with one attached hydrogen (secondary N) is 1. The van der Waals surface area contributed by atoms with Crippen molar-refractivity contribution < 1.29 is 19.2 Å². The van der Waals surface area contributed by atoms with Gasteiger partial charge >= 0.3 is 5.97 Å². The molecule has 0 atom stereocenters. The third-order valence-corrected chi connectivity index (χ3v) is 4.73. The number of nitro groups is 1. The first-order chi connectivity index (χ1) is 14.8. The van der Waals surface area contributed by atoms with E-state index in [1.807, 2.05) is 0 Å². The van der Waals surface area contributed by atoms with Crippen molar-refractivity contribution in [2.45, 2.75) is 0 Å². The van der Waals surface area contributed by atoms with Crippen molar-refractivity contribution in [3.05, 3.63) is 92.2 Å². The number of fused-ring (bicyclic) bond motifs is 1. The Morgan fingerprint density at radius 2 is 1.90 bits per heavy atom. The fraction of sp³-hybridized carbons (Fsp3) is 0. The molecule has 0 amide bonds. The molecule has 2 heterocycles. The molecular weight excluding hydrogens is 426 g/mol. The second-order valence-corrected chi connectivity index (χ2v) is 6.86. The molecule has 2 aromatic carbocycles. The molecule has 0 aliphatic rings. The number of carboxylic acid groups (broad SMARTS) is 1. The first-order valence-electron chi connectivity index (χ1n) is 8.81. The quantitative estimate of drug-likeness (QED) is 0.345. The Balaban J connectivity index is 1.66. The molecule has 4 rings (SSSR count). The molecule has 0 bridgehead atoms. The second-order valence-electron chi connectivity index (χ2n) is 6.45. The largest absolute Gasteiger partial charge is 0.478 e. The maximum atomic E-state index is 12.3. The van der Waals surface area contributed by atoms with E-state index in [1.165, 1.54) is 36.4 Å². The van der Waals surface area contributed by atoms with Crippen LogP contribution in [-0.4, -0.2) is 26.0 Å². The number of rotatable bonds is 5. The van der Waals surface area contributed by atoms with E-state index >= 15 is 0 Å². The van der Waals surface area contributed by atoms with Gasteiger partial charge in [-0.3, -0.25) is 14.9 Å². The summed E-state index contributed by atoms with van der Waals surface area (Å²) in [5.74, 6) is -0.256. The van der Waals surface area contributed by atoms with Crippen molar-refractivity contribution in [2.75, 3.05) is 0 Å². The fourth-order valence-electron chi connectivity index (χ4n) is 2.91. The molecule has 0 fully saturated rings. The van der Waals surface area contributed by atoms with Crippen molar-refractivity contribution in [1.82, 2.24) is 9.97 Å². The van der Waals surface area contributed by atoms with Crippen molar-refractivity contribution in [3.63, 3.8) is 0 Å². The Kier molecular flexibility index (Phi) is 5.10. The zero-order valence-corrected chi connectivity index (χ0v) is 16.3. The molecule has 10 heteroatoms. The molecule has 0 spiro atoms. The Morgan fingerprint density at radius 3 is 2.58 bits per heavy atom. The molecular formula is C21H12ClN3O6. The number of hydrogen-bond acceptors (Lipinski definition) is 6. The van der Waals surface area contributed by atoms with Gasteiger partial charge in [0.25, 0.3) is 11.2 Å². The molecule has 31 heavy (non-hydrogen) atoms. The highest BCUT2D eigenvalue weighted by molar-refractivity contribution is 6.50. The lowest BCUT2D eigenvalue weighted by molar-refractivity contribution is -0.384. The molecule has 2 N–H and O–H groups in total. The van der Waals surface area contributed by atoms with E-state index in [9.17, 15) is 19.7 Å². The summed E-state index contributed by atoms with van der Waals surface area (Å²) in [5.41, 5.74) is 0.330. The van der Waals surface area contributed by atoms with Gasteiger partial charge in [0, 0.05) is 23.8 Å². The van der Waals surface area contributed by atoms with Gasteiger partial charge in [0.2, 0.25) is 0 Å². The van der Waals surface area contributed by atoms with Gasteiger partial charge in [-0.15, -0.1) is 0 Å². The van der Waals surface area contributed by atoms with Crippen molar-refractivity contribution in [2.24, 2.45) is 0 Å². The number of halogens is 1. The topological polar surface area (TPSA) is 139 Å². The van der Waals surface area contributed by atoms with Crippen LogP contribution in [-0.2, 0) is 0 Å². The van der Waals surface area contributed by atoms with Crippen LogP contribution in [0.2, 0.25) is 0 Å². The number of furan rings is 1. The summed E-state index contributed by atoms with van der Waals surface area (Å²) in [6.45, 7) is 0. The number of aromatic carboxylic acids is 1. The summed E-state index contributed by atoms with van der Waals surface area (Å²) in [7, 11) is 0. The minimum absolute atomic E-state index is 0.00423. The predicted molar refractivity (Wildman–Crippen MR) is 114 cm³/mol. The number of aromatic amines is 1.